The summed E-state index contributed by atoms with van der Waals surface area (Å²) < 4.78 is 32.6. The van der Waals surface area contributed by atoms with Crippen LogP contribution in [0.4, 0.5) is 4.39 Å². The molecule has 0 bridgehead atoms. The number of methoxy groups -OCH3 is 1. The Balaban J connectivity index is 1.42. The van der Waals surface area contributed by atoms with Gasteiger partial charge in [0.1, 0.15) is 17.1 Å². The zero-order chi connectivity index (χ0) is 21.8. The van der Waals surface area contributed by atoms with Crippen LogP contribution in [-0.4, -0.2) is 56.3 Å². The van der Waals surface area contributed by atoms with Gasteiger partial charge in [0.25, 0.3) is 0 Å². The molecule has 4 aliphatic rings. The van der Waals surface area contributed by atoms with E-state index in [0.29, 0.717) is 42.3 Å². The number of halogens is 1. The van der Waals surface area contributed by atoms with Crippen molar-refractivity contribution < 1.29 is 23.4 Å². The molecule has 1 aromatic carbocycles. The quantitative estimate of drug-likeness (QED) is 0.724. The number of fused-ring (bicyclic) bond motifs is 1. The first kappa shape index (κ1) is 20.7. The van der Waals surface area contributed by atoms with Gasteiger partial charge in [0.2, 0.25) is 5.91 Å². The lowest BCUT2D eigenvalue weighted by Crippen LogP contribution is -2.69. The zero-order valence-electron chi connectivity index (χ0n) is 18.0. The van der Waals surface area contributed by atoms with Crippen molar-refractivity contribution in [3.05, 3.63) is 29.6 Å². The van der Waals surface area contributed by atoms with E-state index in [9.17, 15) is 4.79 Å². The molecule has 0 radical (unpaired) electrons. The molecule has 8 heteroatoms. The van der Waals surface area contributed by atoms with E-state index in [-0.39, 0.29) is 24.6 Å². The second kappa shape index (κ2) is 7.74. The van der Waals surface area contributed by atoms with Gasteiger partial charge in [0.15, 0.2) is 5.96 Å². The van der Waals surface area contributed by atoms with Crippen molar-refractivity contribution in [2.45, 2.75) is 49.9 Å². The third-order valence-electron chi connectivity index (χ3n) is 7.47. The van der Waals surface area contributed by atoms with Crippen molar-refractivity contribution in [2.24, 2.45) is 17.8 Å². The minimum Gasteiger partial charge on any atom is -0.493 e. The van der Waals surface area contributed by atoms with Crippen molar-refractivity contribution in [1.82, 2.24) is 10.2 Å². The molecule has 31 heavy (non-hydrogen) atoms. The van der Waals surface area contributed by atoms with Crippen LogP contribution in [0.1, 0.15) is 37.7 Å². The first-order valence-electron chi connectivity index (χ1n) is 11.1. The van der Waals surface area contributed by atoms with Gasteiger partial charge >= 0.3 is 0 Å². The highest BCUT2D eigenvalue weighted by atomic mass is 19.1. The lowest BCUT2D eigenvalue weighted by Gasteiger charge is -2.51. The minimum atomic E-state index is -1.10. The Morgan fingerprint density at radius 2 is 2.10 bits per heavy atom. The summed E-state index contributed by atoms with van der Waals surface area (Å²) in [4.78, 5) is 14.5. The molecule has 2 saturated heterocycles. The van der Waals surface area contributed by atoms with E-state index in [4.69, 9.17) is 19.6 Å². The van der Waals surface area contributed by atoms with E-state index in [1.54, 1.807) is 26.3 Å². The number of carbonyl (C=O) groups excluding carboxylic acids is 1. The second-order valence-corrected chi connectivity index (χ2v) is 9.47. The summed E-state index contributed by atoms with van der Waals surface area (Å²) in [6.45, 7) is 0.700. The predicted octanol–water partition coefficient (Wildman–Crippen LogP) is 2.64. The van der Waals surface area contributed by atoms with Crippen LogP contribution in [0, 0.1) is 29.0 Å². The maximum absolute atomic E-state index is 15.1. The van der Waals surface area contributed by atoms with Crippen LogP contribution in [-0.2, 0) is 19.8 Å². The third-order valence-corrected chi connectivity index (χ3v) is 7.47. The summed E-state index contributed by atoms with van der Waals surface area (Å²) in [6, 6.07) is 4.68. The number of guanidine groups is 1. The van der Waals surface area contributed by atoms with Crippen LogP contribution in [0.5, 0.6) is 5.75 Å². The van der Waals surface area contributed by atoms with Crippen molar-refractivity contribution in [3.8, 4) is 5.75 Å². The normalized spacial score (nSPS) is 35.3. The van der Waals surface area contributed by atoms with Crippen molar-refractivity contribution >= 4 is 11.9 Å². The maximum Gasteiger partial charge on any atom is 0.235 e. The Labute approximate surface area is 181 Å². The Morgan fingerprint density at radius 1 is 1.32 bits per heavy atom. The van der Waals surface area contributed by atoms with Crippen LogP contribution in [0.3, 0.4) is 0 Å². The molecule has 2 heterocycles. The van der Waals surface area contributed by atoms with Crippen molar-refractivity contribution in [2.75, 3.05) is 27.4 Å². The van der Waals surface area contributed by atoms with Gasteiger partial charge in [0, 0.05) is 19.7 Å². The Bertz CT molecular complexity index is 886. The van der Waals surface area contributed by atoms with E-state index in [1.165, 1.54) is 11.0 Å². The lowest BCUT2D eigenvalue weighted by atomic mass is 9.71. The lowest BCUT2D eigenvalue weighted by molar-refractivity contribution is -0.150. The van der Waals surface area contributed by atoms with Gasteiger partial charge in [-0.05, 0) is 62.1 Å². The van der Waals surface area contributed by atoms with E-state index in [1.807, 2.05) is 0 Å². The van der Waals surface area contributed by atoms with Crippen LogP contribution in [0.2, 0.25) is 0 Å². The number of amides is 1. The average molecular weight is 432 g/mol. The smallest absolute Gasteiger partial charge is 0.235 e. The molecule has 2 aliphatic carbocycles. The number of hydrogen-bond donors (Lipinski definition) is 2. The average Bonchev–Trinajstić information content (AvgIpc) is 3.57. The van der Waals surface area contributed by atoms with Crippen molar-refractivity contribution in [3.63, 3.8) is 0 Å². The Hall–Kier alpha value is -2.19. The van der Waals surface area contributed by atoms with Gasteiger partial charge in [-0.2, -0.15) is 0 Å². The van der Waals surface area contributed by atoms with Gasteiger partial charge in [-0.25, -0.2) is 4.39 Å². The molecule has 3 atom stereocenters. The minimum absolute atomic E-state index is 0.0133. The molecule has 2 saturated carbocycles. The highest BCUT2D eigenvalue weighted by molar-refractivity contribution is 6.00. The summed E-state index contributed by atoms with van der Waals surface area (Å²) >= 11 is 0. The van der Waals surface area contributed by atoms with E-state index in [2.05, 4.69) is 5.32 Å². The molecule has 7 nitrogen and oxygen atoms in total. The summed E-state index contributed by atoms with van der Waals surface area (Å²) in [7, 11) is 3.31. The molecule has 5 rings (SSSR count). The van der Waals surface area contributed by atoms with Gasteiger partial charge < -0.3 is 19.5 Å². The second-order valence-electron chi connectivity index (χ2n) is 9.47. The number of rotatable bonds is 6. The monoisotopic (exact) mass is 431 g/mol. The summed E-state index contributed by atoms with van der Waals surface area (Å²) in [5.41, 5.74) is -0.772. The highest BCUT2D eigenvalue weighted by Gasteiger charge is 2.56. The first-order chi connectivity index (χ1) is 14.9. The molecular weight excluding hydrogens is 401 g/mol. The molecule has 168 valence electrons. The number of hydrogen-bond acceptors (Lipinski definition) is 5. The SMILES string of the molecule is COC1CC(COc2ccc(F)c([C@]34CO[C@@H](C5CC5)C[C@H]3C(=O)N(C)C(=N)N4)c2)C1. The molecule has 4 fully saturated rings. The summed E-state index contributed by atoms with van der Waals surface area (Å²) in [5.74, 6) is 0.350. The fraction of sp³-hybridized carbons (Fsp3) is 0.652. The largest absolute Gasteiger partial charge is 0.493 e. The van der Waals surface area contributed by atoms with Gasteiger partial charge in [-0.15, -0.1) is 0 Å². The first-order valence-corrected chi connectivity index (χ1v) is 11.1. The third kappa shape index (κ3) is 3.59. The zero-order valence-corrected chi connectivity index (χ0v) is 18.0. The van der Waals surface area contributed by atoms with Gasteiger partial charge in [-0.1, -0.05) is 0 Å². The molecule has 2 aliphatic heterocycles. The molecular formula is C23H30FN3O4. The molecule has 1 aromatic rings. The number of ether oxygens (including phenoxy) is 3. The summed E-state index contributed by atoms with van der Waals surface area (Å²) in [6.07, 6.45) is 5.00. The number of nitrogens with one attached hydrogen (secondary N) is 2. The van der Waals surface area contributed by atoms with Gasteiger partial charge in [0.05, 0.1) is 31.3 Å². The molecule has 1 amide bonds. The topological polar surface area (TPSA) is 83.9 Å². The number of benzene rings is 1. The van der Waals surface area contributed by atoms with E-state index < -0.39 is 17.3 Å². The van der Waals surface area contributed by atoms with E-state index >= 15 is 4.39 Å². The Kier molecular flexibility index (Phi) is 5.17. The number of nitrogens with zero attached hydrogens (tertiary/aromatic N) is 1. The predicted molar refractivity (Wildman–Crippen MR) is 111 cm³/mol. The maximum atomic E-state index is 15.1. The standard InChI is InChI=1S/C23H30FN3O4/c1-27-21(28)18-10-20(14-3-4-14)31-12-23(18,26-22(27)25)17-9-15(5-6-19(17)24)30-11-13-7-16(8-13)29-2/h5-6,9,13-14,16,18,20H,3-4,7-8,10-12H2,1-2H3,(H2,25,26)/t13?,16?,18-,20+,23+/m0/s1. The number of carbonyl (C=O) groups is 1. The van der Waals surface area contributed by atoms with Crippen LogP contribution in [0.25, 0.3) is 0 Å². The molecule has 0 spiro atoms. The van der Waals surface area contributed by atoms with Crippen LogP contribution in [0.15, 0.2) is 18.2 Å². The molecule has 0 unspecified atom stereocenters. The highest BCUT2D eigenvalue weighted by Crippen LogP contribution is 2.48. The van der Waals surface area contributed by atoms with Crippen LogP contribution < -0.4 is 10.1 Å². The fourth-order valence-corrected chi connectivity index (χ4v) is 5.20. The van der Waals surface area contributed by atoms with Gasteiger partial charge in [-0.3, -0.25) is 15.1 Å². The van der Waals surface area contributed by atoms with E-state index in [0.717, 1.165) is 25.7 Å². The summed E-state index contributed by atoms with van der Waals surface area (Å²) in [5, 5.41) is 11.4. The van der Waals surface area contributed by atoms with Crippen LogP contribution >= 0.6 is 0 Å². The molecule has 2 N–H and O–H groups in total. The molecule has 0 aromatic heterocycles. The Morgan fingerprint density at radius 3 is 2.81 bits per heavy atom. The fourth-order valence-electron chi connectivity index (χ4n) is 5.20. The van der Waals surface area contributed by atoms with Crippen molar-refractivity contribution in [1.29, 1.82) is 5.41 Å².